The summed E-state index contributed by atoms with van der Waals surface area (Å²) in [7, 11) is 1.40. The molecular formula is C14H20ClN3O2. The molecule has 5 nitrogen and oxygen atoms in total. The number of ether oxygens (including phenoxy) is 1. The van der Waals surface area contributed by atoms with Crippen molar-refractivity contribution in [3.05, 3.63) is 29.3 Å². The first-order valence-electron chi connectivity index (χ1n) is 6.68. The number of nitrogens with zero attached hydrogens (tertiary/aromatic N) is 2. The van der Waals surface area contributed by atoms with Gasteiger partial charge in [-0.2, -0.15) is 0 Å². The van der Waals surface area contributed by atoms with E-state index in [1.54, 1.807) is 0 Å². The number of esters is 1. The molecule has 0 radical (unpaired) electrons. The summed E-state index contributed by atoms with van der Waals surface area (Å²) in [5.74, 6) is -0.257. The largest absolute Gasteiger partial charge is 0.468 e. The van der Waals surface area contributed by atoms with Crippen molar-refractivity contribution in [1.29, 1.82) is 0 Å². The second-order valence-electron chi connectivity index (χ2n) is 4.77. The highest BCUT2D eigenvalue weighted by molar-refractivity contribution is 6.30. The van der Waals surface area contributed by atoms with Crippen LogP contribution in [0.4, 0.5) is 5.69 Å². The highest BCUT2D eigenvalue weighted by Gasteiger charge is 2.28. The molecule has 2 N–H and O–H groups in total. The lowest BCUT2D eigenvalue weighted by Crippen LogP contribution is -2.55. The van der Waals surface area contributed by atoms with Crippen molar-refractivity contribution >= 4 is 23.3 Å². The second kappa shape index (κ2) is 6.92. The van der Waals surface area contributed by atoms with Gasteiger partial charge in [-0.25, -0.2) is 0 Å². The molecule has 0 aliphatic carbocycles. The summed E-state index contributed by atoms with van der Waals surface area (Å²) in [5.41, 5.74) is 6.82. The fourth-order valence-electron chi connectivity index (χ4n) is 2.47. The molecule has 1 atom stereocenters. The van der Waals surface area contributed by atoms with Crippen LogP contribution in [0.5, 0.6) is 0 Å². The van der Waals surface area contributed by atoms with Gasteiger partial charge in [-0.15, -0.1) is 0 Å². The summed E-state index contributed by atoms with van der Waals surface area (Å²) >= 11 is 5.89. The maximum Gasteiger partial charge on any atom is 0.324 e. The summed E-state index contributed by atoms with van der Waals surface area (Å²) in [6.07, 6.45) is 0. The van der Waals surface area contributed by atoms with Gasteiger partial charge in [0.25, 0.3) is 0 Å². The molecule has 1 unspecified atom stereocenters. The molecule has 1 aliphatic rings. The third-order valence-corrected chi connectivity index (χ3v) is 3.90. The standard InChI is InChI=1S/C14H20ClN3O2/c1-20-14(19)13(10-16)18-8-6-17(7-9-18)12-4-2-11(15)3-5-12/h2-5,13H,6-10,16H2,1H3. The van der Waals surface area contributed by atoms with E-state index in [1.165, 1.54) is 7.11 Å². The number of carbonyl (C=O) groups excluding carboxylic acids is 1. The summed E-state index contributed by atoms with van der Waals surface area (Å²) < 4.78 is 4.79. The quantitative estimate of drug-likeness (QED) is 0.839. The number of anilines is 1. The van der Waals surface area contributed by atoms with Crippen LogP contribution >= 0.6 is 11.6 Å². The number of hydrogen-bond acceptors (Lipinski definition) is 5. The molecule has 1 saturated heterocycles. The van der Waals surface area contributed by atoms with Gasteiger partial charge in [0.15, 0.2) is 0 Å². The molecular weight excluding hydrogens is 278 g/mol. The van der Waals surface area contributed by atoms with E-state index >= 15 is 0 Å². The van der Waals surface area contributed by atoms with E-state index in [4.69, 9.17) is 22.1 Å². The van der Waals surface area contributed by atoms with Crippen LogP contribution in [0, 0.1) is 0 Å². The molecule has 0 spiro atoms. The van der Waals surface area contributed by atoms with Crippen molar-refractivity contribution in [3.63, 3.8) is 0 Å². The molecule has 6 heteroatoms. The average molecular weight is 298 g/mol. The Hall–Kier alpha value is -1.30. The maximum absolute atomic E-state index is 11.7. The van der Waals surface area contributed by atoms with Gasteiger partial charge in [0, 0.05) is 43.4 Å². The minimum absolute atomic E-state index is 0.257. The lowest BCUT2D eigenvalue weighted by Gasteiger charge is -2.38. The molecule has 1 fully saturated rings. The summed E-state index contributed by atoms with van der Waals surface area (Å²) in [6.45, 7) is 3.58. The molecule has 1 aliphatic heterocycles. The van der Waals surface area contributed by atoms with Gasteiger partial charge in [-0.05, 0) is 24.3 Å². The van der Waals surface area contributed by atoms with E-state index in [1.807, 2.05) is 24.3 Å². The summed E-state index contributed by atoms with van der Waals surface area (Å²) in [6, 6.07) is 7.46. The molecule has 20 heavy (non-hydrogen) atoms. The minimum atomic E-state index is -0.340. The van der Waals surface area contributed by atoms with E-state index in [0.717, 1.165) is 36.9 Å². The fraction of sp³-hybridized carbons (Fsp3) is 0.500. The molecule has 0 saturated carbocycles. The number of rotatable bonds is 4. The third kappa shape index (κ3) is 3.42. The van der Waals surface area contributed by atoms with Crippen LogP contribution in [-0.2, 0) is 9.53 Å². The van der Waals surface area contributed by atoms with Crippen molar-refractivity contribution in [3.8, 4) is 0 Å². The van der Waals surface area contributed by atoms with Gasteiger partial charge in [-0.1, -0.05) is 11.6 Å². The van der Waals surface area contributed by atoms with Gasteiger partial charge in [0.1, 0.15) is 6.04 Å². The highest BCUT2D eigenvalue weighted by Crippen LogP contribution is 2.20. The van der Waals surface area contributed by atoms with Gasteiger partial charge in [-0.3, -0.25) is 9.69 Å². The first kappa shape index (κ1) is 15.1. The van der Waals surface area contributed by atoms with Crippen LogP contribution in [0.25, 0.3) is 0 Å². The van der Waals surface area contributed by atoms with Crippen LogP contribution in [0.2, 0.25) is 5.02 Å². The Labute approximate surface area is 124 Å². The molecule has 2 rings (SSSR count). The Kier molecular flexibility index (Phi) is 5.23. The van der Waals surface area contributed by atoms with Crippen LogP contribution in [0.15, 0.2) is 24.3 Å². The Bertz CT molecular complexity index is 444. The molecule has 1 heterocycles. The smallest absolute Gasteiger partial charge is 0.324 e. The zero-order chi connectivity index (χ0) is 14.5. The number of halogens is 1. The minimum Gasteiger partial charge on any atom is -0.468 e. The highest BCUT2D eigenvalue weighted by atomic mass is 35.5. The lowest BCUT2D eigenvalue weighted by molar-refractivity contribution is -0.146. The maximum atomic E-state index is 11.7. The lowest BCUT2D eigenvalue weighted by atomic mass is 10.2. The van der Waals surface area contributed by atoms with E-state index in [-0.39, 0.29) is 18.6 Å². The summed E-state index contributed by atoms with van der Waals surface area (Å²) in [4.78, 5) is 16.0. The average Bonchev–Trinajstić information content (AvgIpc) is 2.49. The Morgan fingerprint density at radius 2 is 1.90 bits per heavy atom. The summed E-state index contributed by atoms with van der Waals surface area (Å²) in [5, 5.41) is 0.737. The Morgan fingerprint density at radius 1 is 1.30 bits per heavy atom. The molecule has 1 aromatic rings. The zero-order valence-corrected chi connectivity index (χ0v) is 12.3. The van der Waals surface area contributed by atoms with Crippen LogP contribution in [0.1, 0.15) is 0 Å². The molecule has 0 amide bonds. The normalized spacial score (nSPS) is 17.9. The van der Waals surface area contributed by atoms with Crippen LogP contribution < -0.4 is 10.6 Å². The monoisotopic (exact) mass is 297 g/mol. The molecule has 0 bridgehead atoms. The number of methoxy groups -OCH3 is 1. The first-order chi connectivity index (χ1) is 9.65. The predicted octanol–water partition coefficient (Wildman–Crippen LogP) is 0.962. The zero-order valence-electron chi connectivity index (χ0n) is 11.6. The third-order valence-electron chi connectivity index (χ3n) is 3.64. The van der Waals surface area contributed by atoms with Crippen molar-refractivity contribution in [2.75, 3.05) is 44.7 Å². The number of carbonyl (C=O) groups is 1. The predicted molar refractivity (Wildman–Crippen MR) is 80.1 cm³/mol. The van der Waals surface area contributed by atoms with Crippen LogP contribution in [0.3, 0.4) is 0 Å². The van der Waals surface area contributed by atoms with E-state index in [0.29, 0.717) is 0 Å². The Balaban J connectivity index is 1.94. The van der Waals surface area contributed by atoms with E-state index in [9.17, 15) is 4.79 Å². The van der Waals surface area contributed by atoms with Gasteiger partial charge < -0.3 is 15.4 Å². The molecule has 1 aromatic carbocycles. The number of nitrogens with two attached hydrogens (primary N) is 1. The second-order valence-corrected chi connectivity index (χ2v) is 5.21. The van der Waals surface area contributed by atoms with E-state index < -0.39 is 0 Å². The van der Waals surface area contributed by atoms with Gasteiger partial charge in [0.2, 0.25) is 0 Å². The topological polar surface area (TPSA) is 58.8 Å². The number of benzene rings is 1. The molecule has 0 aromatic heterocycles. The van der Waals surface area contributed by atoms with Crippen LogP contribution in [-0.4, -0.2) is 56.7 Å². The van der Waals surface area contributed by atoms with Crippen molar-refractivity contribution < 1.29 is 9.53 Å². The molecule has 110 valence electrons. The number of hydrogen-bond donors (Lipinski definition) is 1. The van der Waals surface area contributed by atoms with Crippen molar-refractivity contribution in [2.45, 2.75) is 6.04 Å². The Morgan fingerprint density at radius 3 is 2.40 bits per heavy atom. The van der Waals surface area contributed by atoms with Gasteiger partial charge >= 0.3 is 5.97 Å². The fourth-order valence-corrected chi connectivity index (χ4v) is 2.60. The first-order valence-corrected chi connectivity index (χ1v) is 7.06. The van der Waals surface area contributed by atoms with Gasteiger partial charge in [0.05, 0.1) is 7.11 Å². The van der Waals surface area contributed by atoms with Crippen molar-refractivity contribution in [2.24, 2.45) is 5.73 Å². The SMILES string of the molecule is COC(=O)C(CN)N1CCN(c2ccc(Cl)cc2)CC1. The van der Waals surface area contributed by atoms with E-state index in [2.05, 4.69) is 9.80 Å². The van der Waals surface area contributed by atoms with Crippen molar-refractivity contribution in [1.82, 2.24) is 4.90 Å². The number of piperazine rings is 1.